The Labute approximate surface area is 104 Å². The van der Waals surface area contributed by atoms with Crippen LogP contribution >= 0.6 is 11.6 Å². The number of aliphatic hydroxyl groups is 2. The second-order valence-corrected chi connectivity index (χ2v) is 4.05. The van der Waals surface area contributed by atoms with Gasteiger partial charge in [0.25, 0.3) is 0 Å². The van der Waals surface area contributed by atoms with Crippen LogP contribution in [-0.2, 0) is 9.53 Å². The van der Waals surface area contributed by atoms with Gasteiger partial charge in [0.05, 0.1) is 7.11 Å². The molecule has 0 aromatic heterocycles. The Morgan fingerprint density at radius 3 is 2.59 bits per heavy atom. The van der Waals surface area contributed by atoms with E-state index in [4.69, 9.17) is 17.3 Å². The van der Waals surface area contributed by atoms with Crippen LogP contribution in [0.4, 0.5) is 5.69 Å². The highest BCUT2D eigenvalue weighted by Gasteiger charge is 2.28. The molecular formula is C11H14ClNO4. The first-order valence-corrected chi connectivity index (χ1v) is 5.25. The van der Waals surface area contributed by atoms with Gasteiger partial charge in [0.2, 0.25) is 0 Å². The SMILES string of the molecule is COC(=O)C(O)C(O)c1cc(C)c(N)cc1Cl. The first-order valence-electron chi connectivity index (χ1n) is 4.88. The van der Waals surface area contributed by atoms with Crippen molar-refractivity contribution in [2.24, 2.45) is 0 Å². The van der Waals surface area contributed by atoms with Gasteiger partial charge in [-0.2, -0.15) is 0 Å². The summed E-state index contributed by atoms with van der Waals surface area (Å²) in [5.74, 6) is -0.928. The summed E-state index contributed by atoms with van der Waals surface area (Å²) in [5, 5.41) is 19.5. The van der Waals surface area contributed by atoms with E-state index < -0.39 is 18.2 Å². The molecule has 5 nitrogen and oxygen atoms in total. The molecule has 6 heteroatoms. The molecule has 4 N–H and O–H groups in total. The lowest BCUT2D eigenvalue weighted by Gasteiger charge is -2.18. The summed E-state index contributed by atoms with van der Waals surface area (Å²) in [7, 11) is 1.12. The fourth-order valence-electron chi connectivity index (χ4n) is 1.37. The third kappa shape index (κ3) is 2.88. The molecule has 1 aromatic rings. The standard InChI is InChI=1S/C11H14ClNO4/c1-5-3-6(7(12)4-8(5)13)9(14)10(15)11(16)17-2/h3-4,9-10,14-15H,13H2,1-2H3. The molecular weight excluding hydrogens is 246 g/mol. The molecule has 0 saturated heterocycles. The second-order valence-electron chi connectivity index (χ2n) is 3.64. The van der Waals surface area contributed by atoms with Crippen molar-refractivity contribution in [1.29, 1.82) is 0 Å². The number of methoxy groups -OCH3 is 1. The van der Waals surface area contributed by atoms with Gasteiger partial charge in [-0.15, -0.1) is 0 Å². The molecule has 94 valence electrons. The predicted molar refractivity (Wildman–Crippen MR) is 63.6 cm³/mol. The number of ether oxygens (including phenoxy) is 1. The van der Waals surface area contributed by atoms with Gasteiger partial charge in [0.15, 0.2) is 6.10 Å². The van der Waals surface area contributed by atoms with E-state index in [2.05, 4.69) is 4.74 Å². The van der Waals surface area contributed by atoms with Crippen LogP contribution in [0.1, 0.15) is 17.2 Å². The summed E-state index contributed by atoms with van der Waals surface area (Å²) >= 11 is 5.89. The Hall–Kier alpha value is -1.30. The molecule has 0 bridgehead atoms. The van der Waals surface area contributed by atoms with Crippen LogP contribution in [0, 0.1) is 6.92 Å². The Morgan fingerprint density at radius 1 is 1.47 bits per heavy atom. The Balaban J connectivity index is 3.08. The molecule has 0 aliphatic heterocycles. The minimum atomic E-state index is -1.68. The van der Waals surface area contributed by atoms with Gasteiger partial charge in [-0.25, -0.2) is 4.79 Å². The first-order chi connectivity index (χ1) is 7.88. The van der Waals surface area contributed by atoms with E-state index in [9.17, 15) is 15.0 Å². The zero-order valence-electron chi connectivity index (χ0n) is 9.48. The minimum Gasteiger partial charge on any atom is -0.467 e. The molecule has 0 fully saturated rings. The van der Waals surface area contributed by atoms with Crippen LogP contribution < -0.4 is 5.73 Å². The monoisotopic (exact) mass is 259 g/mol. The van der Waals surface area contributed by atoms with Crippen molar-refractivity contribution >= 4 is 23.3 Å². The van der Waals surface area contributed by atoms with Gasteiger partial charge in [0.1, 0.15) is 6.10 Å². The lowest BCUT2D eigenvalue weighted by atomic mass is 10.0. The number of hydrogen-bond donors (Lipinski definition) is 3. The molecule has 2 unspecified atom stereocenters. The van der Waals surface area contributed by atoms with Crippen molar-refractivity contribution in [3.63, 3.8) is 0 Å². The number of halogens is 1. The molecule has 17 heavy (non-hydrogen) atoms. The Kier molecular flexibility index (Phi) is 4.34. The van der Waals surface area contributed by atoms with E-state index in [0.29, 0.717) is 11.3 Å². The van der Waals surface area contributed by atoms with E-state index in [-0.39, 0.29) is 10.6 Å². The van der Waals surface area contributed by atoms with Gasteiger partial charge >= 0.3 is 5.97 Å². The highest BCUT2D eigenvalue weighted by molar-refractivity contribution is 6.31. The molecule has 0 saturated carbocycles. The third-order valence-electron chi connectivity index (χ3n) is 2.45. The average Bonchev–Trinajstić information content (AvgIpc) is 2.31. The fraction of sp³-hybridized carbons (Fsp3) is 0.364. The van der Waals surface area contributed by atoms with E-state index in [1.165, 1.54) is 12.1 Å². The number of aliphatic hydroxyl groups excluding tert-OH is 2. The molecule has 0 heterocycles. The lowest BCUT2D eigenvalue weighted by Crippen LogP contribution is -2.29. The summed E-state index contributed by atoms with van der Waals surface area (Å²) in [5.41, 5.74) is 7.03. The number of carbonyl (C=O) groups is 1. The van der Waals surface area contributed by atoms with E-state index in [0.717, 1.165) is 7.11 Å². The number of aryl methyl sites for hydroxylation is 1. The van der Waals surface area contributed by atoms with E-state index in [1.807, 2.05) is 0 Å². The first kappa shape index (κ1) is 13.8. The number of rotatable bonds is 3. The normalized spacial score (nSPS) is 14.2. The number of nitrogen functional groups attached to an aromatic ring is 1. The molecule has 0 amide bonds. The molecule has 0 spiro atoms. The van der Waals surface area contributed by atoms with Crippen LogP contribution in [0.25, 0.3) is 0 Å². The van der Waals surface area contributed by atoms with Crippen LogP contribution in [0.2, 0.25) is 5.02 Å². The number of hydrogen-bond acceptors (Lipinski definition) is 5. The van der Waals surface area contributed by atoms with Gasteiger partial charge in [-0.05, 0) is 24.6 Å². The van der Waals surface area contributed by atoms with Crippen LogP contribution in [-0.4, -0.2) is 29.4 Å². The van der Waals surface area contributed by atoms with Crippen LogP contribution in [0.5, 0.6) is 0 Å². The number of carbonyl (C=O) groups excluding carboxylic acids is 1. The molecule has 0 aliphatic rings. The minimum absolute atomic E-state index is 0.184. The van der Waals surface area contributed by atoms with Crippen molar-refractivity contribution < 1.29 is 19.7 Å². The average molecular weight is 260 g/mol. The maximum absolute atomic E-state index is 11.1. The van der Waals surface area contributed by atoms with Gasteiger partial charge in [-0.1, -0.05) is 11.6 Å². The van der Waals surface area contributed by atoms with Crippen LogP contribution in [0.3, 0.4) is 0 Å². The largest absolute Gasteiger partial charge is 0.467 e. The third-order valence-corrected chi connectivity index (χ3v) is 2.77. The smallest absolute Gasteiger partial charge is 0.337 e. The van der Waals surface area contributed by atoms with E-state index >= 15 is 0 Å². The quantitative estimate of drug-likeness (QED) is 0.551. The number of benzene rings is 1. The highest BCUT2D eigenvalue weighted by atomic mass is 35.5. The van der Waals surface area contributed by atoms with Crippen molar-refractivity contribution in [2.45, 2.75) is 19.1 Å². The number of nitrogens with two attached hydrogens (primary N) is 1. The lowest BCUT2D eigenvalue weighted by molar-refractivity contribution is -0.156. The van der Waals surface area contributed by atoms with Gasteiger partial charge in [0, 0.05) is 16.3 Å². The van der Waals surface area contributed by atoms with Crippen molar-refractivity contribution in [3.8, 4) is 0 Å². The highest BCUT2D eigenvalue weighted by Crippen LogP contribution is 2.29. The maximum atomic E-state index is 11.1. The summed E-state index contributed by atoms with van der Waals surface area (Å²) < 4.78 is 4.33. The second kappa shape index (κ2) is 5.35. The topological polar surface area (TPSA) is 92.8 Å². The van der Waals surface area contributed by atoms with E-state index in [1.54, 1.807) is 6.92 Å². The summed E-state index contributed by atoms with van der Waals surface area (Å²) in [6.07, 6.45) is -3.13. The Bertz CT molecular complexity index is 436. The summed E-state index contributed by atoms with van der Waals surface area (Å²) in [6.45, 7) is 1.73. The number of anilines is 1. The van der Waals surface area contributed by atoms with Gasteiger partial charge < -0.3 is 20.7 Å². The summed E-state index contributed by atoms with van der Waals surface area (Å²) in [4.78, 5) is 11.1. The van der Waals surface area contributed by atoms with Crippen molar-refractivity contribution in [3.05, 3.63) is 28.3 Å². The molecule has 1 rings (SSSR count). The molecule has 2 atom stereocenters. The predicted octanol–water partition coefficient (Wildman–Crippen LogP) is 0.798. The zero-order chi connectivity index (χ0) is 13.2. The maximum Gasteiger partial charge on any atom is 0.337 e. The van der Waals surface area contributed by atoms with Crippen molar-refractivity contribution in [1.82, 2.24) is 0 Å². The van der Waals surface area contributed by atoms with Gasteiger partial charge in [-0.3, -0.25) is 0 Å². The fourth-order valence-corrected chi connectivity index (χ4v) is 1.65. The summed E-state index contributed by atoms with van der Waals surface area (Å²) in [6, 6.07) is 2.98. The Morgan fingerprint density at radius 2 is 2.06 bits per heavy atom. The number of esters is 1. The molecule has 0 radical (unpaired) electrons. The zero-order valence-corrected chi connectivity index (χ0v) is 10.2. The van der Waals surface area contributed by atoms with Crippen molar-refractivity contribution in [2.75, 3.05) is 12.8 Å². The molecule has 0 aliphatic carbocycles. The van der Waals surface area contributed by atoms with Crippen LogP contribution in [0.15, 0.2) is 12.1 Å². The molecule has 1 aromatic carbocycles.